The molecule has 240 valence electrons. The van der Waals surface area contributed by atoms with E-state index in [2.05, 4.69) is 10.6 Å². The summed E-state index contributed by atoms with van der Waals surface area (Å²) in [6.07, 6.45) is 14.2. The van der Waals surface area contributed by atoms with Gasteiger partial charge in [-0.25, -0.2) is 4.79 Å². The largest absolute Gasteiger partial charge is 0.481 e. The lowest BCUT2D eigenvalue weighted by atomic mass is 10.0. The summed E-state index contributed by atoms with van der Waals surface area (Å²) in [6.45, 7) is 3.83. The Bertz CT molecular complexity index is 878. The summed E-state index contributed by atoms with van der Waals surface area (Å²) in [7, 11) is 0. The monoisotopic (exact) mass is 595 g/mol. The average Bonchev–Trinajstić information content (AvgIpc) is 3.39. The van der Waals surface area contributed by atoms with E-state index in [1.165, 1.54) is 26.2 Å². The molecule has 0 radical (unpaired) electrons. The van der Waals surface area contributed by atoms with E-state index in [0.717, 1.165) is 64.2 Å². The minimum absolute atomic E-state index is 0.0286. The summed E-state index contributed by atoms with van der Waals surface area (Å²) in [4.78, 5) is 72.8. The van der Waals surface area contributed by atoms with Gasteiger partial charge in [-0.05, 0) is 52.5 Å². The van der Waals surface area contributed by atoms with Gasteiger partial charge in [0.05, 0.1) is 18.6 Å². The second-order valence-electron chi connectivity index (χ2n) is 11.6. The molecule has 2 amide bonds. The van der Waals surface area contributed by atoms with Crippen LogP contribution in [0.3, 0.4) is 0 Å². The Hall–Kier alpha value is -2.82. The normalized spacial score (nSPS) is 16.5. The van der Waals surface area contributed by atoms with Crippen LogP contribution < -0.4 is 10.6 Å². The van der Waals surface area contributed by atoms with Gasteiger partial charge in [0.2, 0.25) is 11.8 Å². The first-order valence-corrected chi connectivity index (χ1v) is 15.8. The van der Waals surface area contributed by atoms with Crippen molar-refractivity contribution in [3.05, 3.63) is 0 Å². The van der Waals surface area contributed by atoms with Gasteiger partial charge in [-0.15, -0.1) is 0 Å². The van der Waals surface area contributed by atoms with Gasteiger partial charge in [0.1, 0.15) is 11.8 Å². The number of rotatable bonds is 25. The SMILES string of the molecule is CC(=O)[C@@H]1CCCN1CC(=O)[C@H](C)NC(=O)CC[C@H](NC(=O)CCCCCCCCCCCCCCC(=O)O)C(=O)O. The lowest BCUT2D eigenvalue weighted by Gasteiger charge is -2.23. The first kappa shape index (κ1) is 37.2. The smallest absolute Gasteiger partial charge is 0.326 e. The fraction of sp³-hybridized carbons (Fsp3) is 0.806. The molecule has 4 N–H and O–H groups in total. The third-order valence-electron chi connectivity index (χ3n) is 7.89. The Kier molecular flexibility index (Phi) is 19.3. The van der Waals surface area contributed by atoms with Crippen molar-refractivity contribution in [2.75, 3.05) is 13.1 Å². The number of aliphatic carboxylic acids is 2. The van der Waals surface area contributed by atoms with Gasteiger partial charge < -0.3 is 20.8 Å². The number of carboxylic acids is 2. The quantitative estimate of drug-likeness (QED) is 0.114. The third kappa shape index (κ3) is 17.2. The van der Waals surface area contributed by atoms with Gasteiger partial charge >= 0.3 is 11.9 Å². The van der Waals surface area contributed by atoms with Crippen LogP contribution in [-0.2, 0) is 28.8 Å². The van der Waals surface area contributed by atoms with E-state index in [1.807, 2.05) is 4.90 Å². The standard InChI is InChI=1S/C31H53N3O8/c1-23(27(36)22-34-21-15-16-26(34)24(2)35)32-29(38)20-19-25(31(41)42)33-28(37)17-13-11-9-7-5-3-4-6-8-10-12-14-18-30(39)40/h23,25-26H,3-22H2,1-2H3,(H,32,38)(H,33,37)(H,39,40)(H,41,42)/t23-,25-,26-/m0/s1. The summed E-state index contributed by atoms with van der Waals surface area (Å²) in [5.41, 5.74) is 0. The van der Waals surface area contributed by atoms with E-state index in [-0.39, 0.29) is 55.7 Å². The molecule has 11 nitrogen and oxygen atoms in total. The zero-order valence-electron chi connectivity index (χ0n) is 25.7. The Morgan fingerprint density at radius 1 is 0.738 bits per heavy atom. The van der Waals surface area contributed by atoms with Crippen LogP contribution in [0.1, 0.15) is 129 Å². The maximum Gasteiger partial charge on any atom is 0.326 e. The molecule has 0 unspecified atom stereocenters. The lowest BCUT2D eigenvalue weighted by molar-refractivity contribution is -0.142. The van der Waals surface area contributed by atoms with Crippen molar-refractivity contribution in [3.8, 4) is 0 Å². The Labute approximate surface area is 250 Å². The van der Waals surface area contributed by atoms with Crippen LogP contribution in [0.2, 0.25) is 0 Å². The van der Waals surface area contributed by atoms with E-state index in [1.54, 1.807) is 6.92 Å². The zero-order chi connectivity index (χ0) is 31.3. The molecule has 0 aromatic heterocycles. The Morgan fingerprint density at radius 3 is 1.74 bits per heavy atom. The first-order valence-electron chi connectivity index (χ1n) is 15.8. The molecular formula is C31H53N3O8. The van der Waals surface area contributed by atoms with Crippen LogP contribution in [0.4, 0.5) is 0 Å². The van der Waals surface area contributed by atoms with Gasteiger partial charge in [-0.1, -0.05) is 64.2 Å². The summed E-state index contributed by atoms with van der Waals surface area (Å²) in [5, 5.41) is 23.2. The summed E-state index contributed by atoms with van der Waals surface area (Å²) in [5.74, 6) is -2.91. The predicted molar refractivity (Wildman–Crippen MR) is 159 cm³/mol. The second-order valence-corrected chi connectivity index (χ2v) is 11.6. The van der Waals surface area contributed by atoms with Crippen molar-refractivity contribution in [3.63, 3.8) is 0 Å². The molecule has 1 aliphatic rings. The number of Topliss-reactive ketones (excluding diaryl/α,β-unsaturated/α-hetero) is 2. The topological polar surface area (TPSA) is 170 Å². The van der Waals surface area contributed by atoms with Crippen molar-refractivity contribution >= 4 is 35.3 Å². The highest BCUT2D eigenvalue weighted by Crippen LogP contribution is 2.18. The van der Waals surface area contributed by atoms with Gasteiger partial charge in [-0.2, -0.15) is 0 Å². The number of hydrogen-bond acceptors (Lipinski definition) is 7. The zero-order valence-corrected chi connectivity index (χ0v) is 25.7. The van der Waals surface area contributed by atoms with E-state index < -0.39 is 29.9 Å². The van der Waals surface area contributed by atoms with E-state index in [9.17, 15) is 33.9 Å². The number of carboxylic acid groups (broad SMARTS) is 2. The van der Waals surface area contributed by atoms with Crippen molar-refractivity contribution < 1.29 is 39.0 Å². The molecule has 1 saturated heterocycles. The number of hydrogen-bond donors (Lipinski definition) is 4. The van der Waals surface area contributed by atoms with Gasteiger partial charge in [0, 0.05) is 19.3 Å². The number of likely N-dealkylation sites (tertiary alicyclic amines) is 1. The number of carbonyl (C=O) groups excluding carboxylic acids is 4. The Balaban J connectivity index is 2.14. The van der Waals surface area contributed by atoms with Crippen molar-refractivity contribution in [2.24, 2.45) is 0 Å². The second kappa shape index (κ2) is 21.8. The number of unbranched alkanes of at least 4 members (excludes halogenated alkanes) is 11. The number of carbonyl (C=O) groups is 6. The molecule has 1 rings (SSSR count). The average molecular weight is 596 g/mol. The van der Waals surface area contributed by atoms with Crippen LogP contribution in [0.15, 0.2) is 0 Å². The van der Waals surface area contributed by atoms with E-state index >= 15 is 0 Å². The molecule has 11 heteroatoms. The summed E-state index contributed by atoms with van der Waals surface area (Å²) < 4.78 is 0. The first-order chi connectivity index (χ1) is 20.0. The number of nitrogens with zero attached hydrogens (tertiary/aromatic N) is 1. The summed E-state index contributed by atoms with van der Waals surface area (Å²) >= 11 is 0. The van der Waals surface area contributed by atoms with Crippen LogP contribution in [0.5, 0.6) is 0 Å². The number of ketones is 2. The van der Waals surface area contributed by atoms with Crippen molar-refractivity contribution in [1.29, 1.82) is 0 Å². The van der Waals surface area contributed by atoms with Gasteiger partial charge in [-0.3, -0.25) is 28.9 Å². The molecule has 0 bridgehead atoms. The molecule has 3 atom stereocenters. The van der Waals surface area contributed by atoms with Gasteiger partial charge in [0.15, 0.2) is 5.78 Å². The van der Waals surface area contributed by atoms with Crippen LogP contribution in [0, 0.1) is 0 Å². The highest BCUT2D eigenvalue weighted by Gasteiger charge is 2.31. The van der Waals surface area contributed by atoms with Crippen LogP contribution in [0.25, 0.3) is 0 Å². The molecule has 0 aromatic carbocycles. The number of nitrogens with one attached hydrogen (secondary N) is 2. The van der Waals surface area contributed by atoms with Crippen LogP contribution >= 0.6 is 0 Å². The van der Waals surface area contributed by atoms with Crippen molar-refractivity contribution in [2.45, 2.75) is 148 Å². The summed E-state index contributed by atoms with van der Waals surface area (Å²) in [6, 6.07) is -2.19. The molecule has 1 heterocycles. The maximum atomic E-state index is 12.5. The lowest BCUT2D eigenvalue weighted by Crippen LogP contribution is -2.46. The molecule has 0 saturated carbocycles. The van der Waals surface area contributed by atoms with Crippen molar-refractivity contribution in [1.82, 2.24) is 15.5 Å². The highest BCUT2D eigenvalue weighted by atomic mass is 16.4. The fourth-order valence-corrected chi connectivity index (χ4v) is 5.34. The fourth-order valence-electron chi connectivity index (χ4n) is 5.34. The van der Waals surface area contributed by atoms with E-state index in [4.69, 9.17) is 5.11 Å². The number of amides is 2. The minimum Gasteiger partial charge on any atom is -0.481 e. The molecule has 0 aromatic rings. The molecule has 0 aliphatic carbocycles. The molecule has 0 spiro atoms. The van der Waals surface area contributed by atoms with Crippen LogP contribution in [-0.4, -0.2) is 81.6 Å². The molecule has 42 heavy (non-hydrogen) atoms. The maximum absolute atomic E-state index is 12.5. The highest BCUT2D eigenvalue weighted by molar-refractivity contribution is 5.91. The minimum atomic E-state index is -1.20. The molecule has 1 fully saturated rings. The Morgan fingerprint density at radius 2 is 1.24 bits per heavy atom. The third-order valence-corrected chi connectivity index (χ3v) is 7.89. The van der Waals surface area contributed by atoms with E-state index in [0.29, 0.717) is 13.0 Å². The predicted octanol–water partition coefficient (Wildman–Crippen LogP) is 4.01. The van der Waals surface area contributed by atoms with Gasteiger partial charge in [0.25, 0.3) is 0 Å². The molecular weight excluding hydrogens is 542 g/mol. The molecule has 1 aliphatic heterocycles.